The van der Waals surface area contributed by atoms with E-state index >= 15 is 0 Å². The average Bonchev–Trinajstić information content (AvgIpc) is 2.98. The van der Waals surface area contributed by atoms with Crippen LogP contribution in [0, 0.1) is 5.82 Å². The third-order valence-corrected chi connectivity index (χ3v) is 4.09. The van der Waals surface area contributed by atoms with Crippen LogP contribution in [0.15, 0.2) is 24.3 Å². The van der Waals surface area contributed by atoms with Crippen molar-refractivity contribution in [1.82, 2.24) is 4.90 Å². The van der Waals surface area contributed by atoms with E-state index < -0.39 is 0 Å². The molecule has 3 heteroatoms. The minimum absolute atomic E-state index is 0.0190. The maximum atomic E-state index is 13.0. The smallest absolute Gasteiger partial charge is 0.179 e. The van der Waals surface area contributed by atoms with Crippen LogP contribution < -0.4 is 0 Å². The second-order valence-corrected chi connectivity index (χ2v) is 5.63. The van der Waals surface area contributed by atoms with Crippen LogP contribution in [0.2, 0.25) is 0 Å². The topological polar surface area (TPSA) is 20.3 Å². The van der Waals surface area contributed by atoms with Gasteiger partial charge in [0.2, 0.25) is 0 Å². The van der Waals surface area contributed by atoms with Crippen LogP contribution in [0.4, 0.5) is 4.39 Å². The van der Waals surface area contributed by atoms with E-state index in [0.29, 0.717) is 5.56 Å². The second-order valence-electron chi connectivity index (χ2n) is 5.63. The van der Waals surface area contributed by atoms with Gasteiger partial charge in [0.25, 0.3) is 0 Å². The Morgan fingerprint density at radius 2 is 1.85 bits per heavy atom. The Kier molecular flexibility index (Phi) is 5.72. The van der Waals surface area contributed by atoms with Gasteiger partial charge in [-0.2, -0.15) is 0 Å². The highest BCUT2D eigenvalue weighted by Gasteiger charge is 2.28. The highest BCUT2D eigenvalue weighted by Crippen LogP contribution is 2.20. The first-order valence-corrected chi connectivity index (χ1v) is 7.76. The van der Waals surface area contributed by atoms with Gasteiger partial charge in [-0.05, 0) is 56.6 Å². The van der Waals surface area contributed by atoms with Crippen molar-refractivity contribution in [2.24, 2.45) is 0 Å². The summed E-state index contributed by atoms with van der Waals surface area (Å²) in [4.78, 5) is 15.0. The molecule has 0 unspecified atom stereocenters. The fourth-order valence-corrected chi connectivity index (χ4v) is 2.93. The van der Waals surface area contributed by atoms with Gasteiger partial charge in [0.15, 0.2) is 5.78 Å². The predicted molar refractivity (Wildman–Crippen MR) is 79.5 cm³/mol. The summed E-state index contributed by atoms with van der Waals surface area (Å²) in [6.45, 7) is 4.21. The molecule has 20 heavy (non-hydrogen) atoms. The Morgan fingerprint density at radius 3 is 2.45 bits per heavy atom. The SMILES string of the molecule is CCCCC[C@H](C(=O)c1ccc(F)cc1)N1CCCC1. The molecule has 1 atom stereocenters. The lowest BCUT2D eigenvalue weighted by Gasteiger charge is -2.26. The van der Waals surface area contributed by atoms with Crippen molar-refractivity contribution in [2.45, 2.75) is 51.5 Å². The number of halogens is 1. The van der Waals surface area contributed by atoms with Gasteiger partial charge in [0, 0.05) is 5.56 Å². The molecule has 1 aromatic carbocycles. The monoisotopic (exact) mass is 277 g/mol. The van der Waals surface area contributed by atoms with E-state index in [4.69, 9.17) is 0 Å². The third kappa shape index (κ3) is 3.89. The number of ketones is 1. The Bertz CT molecular complexity index is 423. The van der Waals surface area contributed by atoms with Gasteiger partial charge in [0.05, 0.1) is 6.04 Å². The van der Waals surface area contributed by atoms with Crippen LogP contribution in [0.1, 0.15) is 55.8 Å². The van der Waals surface area contributed by atoms with Crippen molar-refractivity contribution >= 4 is 5.78 Å². The number of hydrogen-bond donors (Lipinski definition) is 0. The van der Waals surface area contributed by atoms with Crippen molar-refractivity contribution in [1.29, 1.82) is 0 Å². The Labute approximate surface area is 121 Å². The summed E-state index contributed by atoms with van der Waals surface area (Å²) >= 11 is 0. The van der Waals surface area contributed by atoms with Crippen LogP contribution in [-0.4, -0.2) is 29.8 Å². The Balaban J connectivity index is 2.07. The molecule has 0 spiro atoms. The standard InChI is InChI=1S/C17H24FNO/c1-2-3-4-7-16(19-12-5-6-13-19)17(20)14-8-10-15(18)11-9-14/h8-11,16H,2-7,12-13H2,1H3/t16-/m1/s1. The van der Waals surface area contributed by atoms with Crippen molar-refractivity contribution in [3.8, 4) is 0 Å². The lowest BCUT2D eigenvalue weighted by atomic mass is 9.97. The Morgan fingerprint density at radius 1 is 1.20 bits per heavy atom. The molecule has 110 valence electrons. The van der Waals surface area contributed by atoms with Gasteiger partial charge < -0.3 is 0 Å². The second kappa shape index (κ2) is 7.53. The molecule has 1 fully saturated rings. The predicted octanol–water partition coefficient (Wildman–Crippen LogP) is 4.05. The molecular formula is C17H24FNO. The number of hydrogen-bond acceptors (Lipinski definition) is 2. The Hall–Kier alpha value is -1.22. The summed E-state index contributed by atoms with van der Waals surface area (Å²) in [6, 6.07) is 5.95. The zero-order valence-electron chi connectivity index (χ0n) is 12.3. The highest BCUT2D eigenvalue weighted by molar-refractivity contribution is 6.00. The van der Waals surface area contributed by atoms with Crippen molar-refractivity contribution in [3.63, 3.8) is 0 Å². The molecule has 1 heterocycles. The minimum Gasteiger partial charge on any atom is -0.293 e. The van der Waals surface area contributed by atoms with Crippen LogP contribution in [0.5, 0.6) is 0 Å². The molecule has 1 aliphatic rings. The van der Waals surface area contributed by atoms with E-state index in [1.54, 1.807) is 12.1 Å². The largest absolute Gasteiger partial charge is 0.293 e. The molecule has 0 bridgehead atoms. The summed E-state index contributed by atoms with van der Waals surface area (Å²) < 4.78 is 13.0. The summed E-state index contributed by atoms with van der Waals surface area (Å²) in [5.41, 5.74) is 0.639. The van der Waals surface area contributed by atoms with Crippen molar-refractivity contribution < 1.29 is 9.18 Å². The number of carbonyl (C=O) groups excluding carboxylic acids is 1. The van der Waals surface area contributed by atoms with Gasteiger partial charge in [0.1, 0.15) is 5.82 Å². The van der Waals surface area contributed by atoms with Crippen LogP contribution in [0.3, 0.4) is 0 Å². The van der Waals surface area contributed by atoms with Gasteiger partial charge in [-0.3, -0.25) is 9.69 Å². The summed E-state index contributed by atoms with van der Waals surface area (Å²) in [6.07, 6.45) is 6.70. The van der Waals surface area contributed by atoms with Gasteiger partial charge >= 0.3 is 0 Å². The zero-order valence-corrected chi connectivity index (χ0v) is 12.3. The van der Waals surface area contributed by atoms with E-state index in [0.717, 1.165) is 32.4 Å². The first-order valence-electron chi connectivity index (χ1n) is 7.76. The summed E-state index contributed by atoms with van der Waals surface area (Å²) in [5.74, 6) is -0.131. The molecular weight excluding hydrogens is 253 g/mol. The van der Waals surface area contributed by atoms with E-state index in [2.05, 4.69) is 11.8 Å². The van der Waals surface area contributed by atoms with Gasteiger partial charge in [-0.1, -0.05) is 26.2 Å². The molecule has 0 aromatic heterocycles. The first kappa shape index (κ1) is 15.2. The van der Waals surface area contributed by atoms with Crippen LogP contribution in [0.25, 0.3) is 0 Å². The molecule has 2 rings (SSSR count). The fourth-order valence-electron chi connectivity index (χ4n) is 2.93. The van der Waals surface area contributed by atoms with E-state index in [9.17, 15) is 9.18 Å². The van der Waals surface area contributed by atoms with E-state index in [1.807, 2.05) is 0 Å². The quantitative estimate of drug-likeness (QED) is 0.553. The van der Waals surface area contributed by atoms with Crippen molar-refractivity contribution in [2.75, 3.05) is 13.1 Å². The first-order chi connectivity index (χ1) is 9.72. The fraction of sp³-hybridized carbons (Fsp3) is 0.588. The molecule has 1 aliphatic heterocycles. The number of unbranched alkanes of at least 4 members (excludes halogenated alkanes) is 2. The number of rotatable bonds is 7. The maximum Gasteiger partial charge on any atom is 0.179 e. The zero-order chi connectivity index (χ0) is 14.4. The van der Waals surface area contributed by atoms with Crippen LogP contribution >= 0.6 is 0 Å². The number of carbonyl (C=O) groups is 1. The molecule has 1 saturated heterocycles. The number of likely N-dealkylation sites (tertiary alicyclic amines) is 1. The van der Waals surface area contributed by atoms with Gasteiger partial charge in [-0.25, -0.2) is 4.39 Å². The minimum atomic E-state index is -0.287. The number of nitrogens with zero attached hydrogens (tertiary/aromatic N) is 1. The molecule has 0 amide bonds. The lowest BCUT2D eigenvalue weighted by molar-refractivity contribution is 0.0835. The molecule has 0 aliphatic carbocycles. The molecule has 1 aromatic rings. The molecule has 0 N–H and O–H groups in total. The van der Waals surface area contributed by atoms with Gasteiger partial charge in [-0.15, -0.1) is 0 Å². The van der Waals surface area contributed by atoms with Crippen molar-refractivity contribution in [3.05, 3.63) is 35.6 Å². The average molecular weight is 277 g/mol. The normalized spacial score (nSPS) is 17.3. The number of benzene rings is 1. The summed E-state index contributed by atoms with van der Waals surface area (Å²) in [7, 11) is 0. The molecule has 2 nitrogen and oxygen atoms in total. The van der Waals surface area contributed by atoms with E-state index in [-0.39, 0.29) is 17.6 Å². The maximum absolute atomic E-state index is 13.0. The molecule has 0 radical (unpaired) electrons. The van der Waals surface area contributed by atoms with Crippen LogP contribution in [-0.2, 0) is 0 Å². The highest BCUT2D eigenvalue weighted by atomic mass is 19.1. The summed E-state index contributed by atoms with van der Waals surface area (Å²) in [5, 5.41) is 0. The third-order valence-electron chi connectivity index (χ3n) is 4.09. The van der Waals surface area contributed by atoms with E-state index in [1.165, 1.54) is 31.4 Å². The number of Topliss-reactive ketones (excluding diaryl/α,β-unsaturated/α-hetero) is 1. The lowest BCUT2D eigenvalue weighted by Crippen LogP contribution is -2.39. The molecule has 0 saturated carbocycles.